The average molecular weight is 229 g/mol. The highest BCUT2D eigenvalue weighted by molar-refractivity contribution is 4.79. The molecular weight excluding hydrogens is 202 g/mol. The molecule has 4 heteroatoms. The molecule has 1 fully saturated rings. The molecule has 1 saturated heterocycles. The molecule has 0 aromatic rings. The van der Waals surface area contributed by atoms with Crippen molar-refractivity contribution in [2.24, 2.45) is 11.7 Å². The molecule has 1 unspecified atom stereocenters. The second-order valence-electron chi connectivity index (χ2n) is 5.64. The highest BCUT2D eigenvalue weighted by atomic mass is 16.3. The minimum Gasteiger partial charge on any atom is -0.388 e. The molecule has 1 aliphatic heterocycles. The van der Waals surface area contributed by atoms with Gasteiger partial charge in [0.1, 0.15) is 0 Å². The molecule has 0 bridgehead atoms. The summed E-state index contributed by atoms with van der Waals surface area (Å²) in [5, 5.41) is 9.89. The Kier molecular flexibility index (Phi) is 5.18. The van der Waals surface area contributed by atoms with Crippen LogP contribution in [0.4, 0.5) is 0 Å². The van der Waals surface area contributed by atoms with E-state index in [4.69, 9.17) is 5.73 Å². The lowest BCUT2D eigenvalue weighted by atomic mass is 9.96. The van der Waals surface area contributed by atoms with Crippen molar-refractivity contribution in [3.8, 4) is 0 Å². The molecule has 1 heterocycles. The summed E-state index contributed by atoms with van der Waals surface area (Å²) in [5.74, 6) is 0.773. The smallest absolute Gasteiger partial charge is 0.0867 e. The topological polar surface area (TPSA) is 52.7 Å². The first-order chi connectivity index (χ1) is 7.43. The van der Waals surface area contributed by atoms with Crippen molar-refractivity contribution >= 4 is 0 Å². The van der Waals surface area contributed by atoms with Crippen molar-refractivity contribution in [3.05, 3.63) is 0 Å². The van der Waals surface area contributed by atoms with Crippen LogP contribution in [0, 0.1) is 5.92 Å². The maximum atomic E-state index is 9.89. The van der Waals surface area contributed by atoms with Crippen molar-refractivity contribution in [3.63, 3.8) is 0 Å². The summed E-state index contributed by atoms with van der Waals surface area (Å²) in [6.07, 6.45) is 2.54. The van der Waals surface area contributed by atoms with E-state index >= 15 is 0 Å². The first-order valence-electron chi connectivity index (χ1n) is 6.22. The van der Waals surface area contributed by atoms with Gasteiger partial charge in [0.2, 0.25) is 0 Å². The summed E-state index contributed by atoms with van der Waals surface area (Å²) >= 11 is 0. The fourth-order valence-electron chi connectivity index (χ4n) is 2.40. The van der Waals surface area contributed by atoms with Gasteiger partial charge in [0, 0.05) is 19.6 Å². The molecule has 0 aliphatic carbocycles. The van der Waals surface area contributed by atoms with Gasteiger partial charge < -0.3 is 20.6 Å². The number of aliphatic hydroxyl groups is 1. The number of nitrogens with two attached hydrogens (primary N) is 1. The van der Waals surface area contributed by atoms with Gasteiger partial charge >= 0.3 is 0 Å². The van der Waals surface area contributed by atoms with Gasteiger partial charge in [0.25, 0.3) is 0 Å². The maximum Gasteiger partial charge on any atom is 0.0867 e. The normalized spacial score (nSPS) is 23.6. The van der Waals surface area contributed by atoms with Gasteiger partial charge in [0.15, 0.2) is 0 Å². The molecule has 0 saturated carbocycles. The van der Waals surface area contributed by atoms with Gasteiger partial charge in [0.05, 0.1) is 5.60 Å². The first-order valence-corrected chi connectivity index (χ1v) is 6.22. The number of hydrogen-bond acceptors (Lipinski definition) is 4. The molecule has 1 rings (SSSR count). The Hall–Kier alpha value is -0.160. The number of rotatable bonds is 5. The van der Waals surface area contributed by atoms with E-state index < -0.39 is 5.60 Å². The Balaban J connectivity index is 2.26. The van der Waals surface area contributed by atoms with Crippen LogP contribution in [0.15, 0.2) is 0 Å². The average Bonchev–Trinajstić information content (AvgIpc) is 2.21. The van der Waals surface area contributed by atoms with Crippen molar-refractivity contribution in [1.82, 2.24) is 9.80 Å². The van der Waals surface area contributed by atoms with Crippen LogP contribution < -0.4 is 5.73 Å². The third kappa shape index (κ3) is 4.78. The maximum absolute atomic E-state index is 9.89. The monoisotopic (exact) mass is 229 g/mol. The quantitative estimate of drug-likeness (QED) is 0.695. The molecule has 0 aromatic carbocycles. The Morgan fingerprint density at radius 1 is 1.44 bits per heavy atom. The van der Waals surface area contributed by atoms with Crippen LogP contribution in [0.5, 0.6) is 0 Å². The number of piperidine rings is 1. The lowest BCUT2D eigenvalue weighted by Crippen LogP contribution is -2.46. The summed E-state index contributed by atoms with van der Waals surface area (Å²) < 4.78 is 0. The molecule has 96 valence electrons. The Bertz CT molecular complexity index is 200. The highest BCUT2D eigenvalue weighted by Crippen LogP contribution is 2.17. The van der Waals surface area contributed by atoms with Crippen molar-refractivity contribution in [2.75, 3.05) is 46.8 Å². The Morgan fingerprint density at radius 3 is 2.50 bits per heavy atom. The van der Waals surface area contributed by atoms with Crippen LogP contribution in [0.3, 0.4) is 0 Å². The third-order valence-corrected chi connectivity index (χ3v) is 3.46. The van der Waals surface area contributed by atoms with Gasteiger partial charge in [-0.05, 0) is 52.9 Å². The zero-order valence-corrected chi connectivity index (χ0v) is 10.9. The van der Waals surface area contributed by atoms with Crippen molar-refractivity contribution in [1.29, 1.82) is 0 Å². The molecule has 1 atom stereocenters. The minimum absolute atomic E-state index is 0.324. The summed E-state index contributed by atoms with van der Waals surface area (Å²) in [6.45, 7) is 6.26. The Morgan fingerprint density at radius 2 is 2.00 bits per heavy atom. The second-order valence-corrected chi connectivity index (χ2v) is 5.64. The first kappa shape index (κ1) is 13.9. The lowest BCUT2D eigenvalue weighted by molar-refractivity contribution is 0.0280. The van der Waals surface area contributed by atoms with E-state index in [1.165, 1.54) is 25.9 Å². The molecule has 0 aromatic heterocycles. The number of hydrogen-bond donors (Lipinski definition) is 2. The zero-order chi connectivity index (χ0) is 12.2. The number of likely N-dealkylation sites (tertiary alicyclic amines) is 1. The molecule has 0 radical (unpaired) electrons. The standard InChI is InChI=1S/C12H27N3O/c1-12(16,9-13)10-15(3)8-11-4-6-14(2)7-5-11/h11,16H,4-10,13H2,1-3H3. The SMILES string of the molecule is CN1CCC(CN(C)CC(C)(O)CN)CC1. The van der Waals surface area contributed by atoms with Crippen molar-refractivity contribution < 1.29 is 5.11 Å². The molecular formula is C12H27N3O. The Labute approximate surface area is 99.4 Å². The second kappa shape index (κ2) is 5.96. The fourth-order valence-corrected chi connectivity index (χ4v) is 2.40. The molecule has 4 nitrogen and oxygen atoms in total. The van der Waals surface area contributed by atoms with E-state index in [1.54, 1.807) is 6.92 Å². The van der Waals surface area contributed by atoms with E-state index in [1.807, 2.05) is 0 Å². The minimum atomic E-state index is -0.750. The largest absolute Gasteiger partial charge is 0.388 e. The van der Waals surface area contributed by atoms with E-state index in [2.05, 4.69) is 23.9 Å². The van der Waals surface area contributed by atoms with Gasteiger partial charge in [-0.1, -0.05) is 0 Å². The summed E-state index contributed by atoms with van der Waals surface area (Å²) in [7, 11) is 4.25. The molecule has 3 N–H and O–H groups in total. The molecule has 16 heavy (non-hydrogen) atoms. The van der Waals surface area contributed by atoms with Gasteiger partial charge in [-0.2, -0.15) is 0 Å². The summed E-state index contributed by atoms with van der Waals surface area (Å²) in [6, 6.07) is 0. The third-order valence-electron chi connectivity index (χ3n) is 3.46. The predicted octanol–water partition coefficient (Wildman–Crippen LogP) is -0.0303. The zero-order valence-electron chi connectivity index (χ0n) is 10.9. The number of likely N-dealkylation sites (N-methyl/N-ethyl adjacent to an activating group) is 1. The van der Waals surface area contributed by atoms with E-state index in [9.17, 15) is 5.11 Å². The highest BCUT2D eigenvalue weighted by Gasteiger charge is 2.23. The van der Waals surface area contributed by atoms with Crippen LogP contribution in [0.25, 0.3) is 0 Å². The molecule has 1 aliphatic rings. The number of nitrogens with zero attached hydrogens (tertiary/aromatic N) is 2. The van der Waals surface area contributed by atoms with Gasteiger partial charge in [-0.3, -0.25) is 0 Å². The van der Waals surface area contributed by atoms with E-state index in [-0.39, 0.29) is 0 Å². The molecule has 0 spiro atoms. The van der Waals surface area contributed by atoms with Crippen LogP contribution in [-0.4, -0.2) is 67.3 Å². The summed E-state index contributed by atoms with van der Waals surface area (Å²) in [4.78, 5) is 4.59. The fraction of sp³-hybridized carbons (Fsp3) is 1.00. The molecule has 0 amide bonds. The van der Waals surface area contributed by atoms with E-state index in [0.29, 0.717) is 13.1 Å². The van der Waals surface area contributed by atoms with Crippen LogP contribution in [0.2, 0.25) is 0 Å². The van der Waals surface area contributed by atoms with Crippen LogP contribution >= 0.6 is 0 Å². The van der Waals surface area contributed by atoms with Gasteiger partial charge in [-0.15, -0.1) is 0 Å². The summed E-state index contributed by atoms with van der Waals surface area (Å²) in [5.41, 5.74) is 4.77. The van der Waals surface area contributed by atoms with Gasteiger partial charge in [-0.25, -0.2) is 0 Å². The predicted molar refractivity (Wildman–Crippen MR) is 67.4 cm³/mol. The van der Waals surface area contributed by atoms with Crippen molar-refractivity contribution in [2.45, 2.75) is 25.4 Å². The van der Waals surface area contributed by atoms with Crippen LogP contribution in [-0.2, 0) is 0 Å². The van der Waals surface area contributed by atoms with Crippen LogP contribution in [0.1, 0.15) is 19.8 Å². The van der Waals surface area contributed by atoms with E-state index in [0.717, 1.165) is 12.5 Å². The lowest BCUT2D eigenvalue weighted by Gasteiger charge is -2.34.